The zero-order valence-electron chi connectivity index (χ0n) is 11.1. The Morgan fingerprint density at radius 2 is 2.14 bits per heavy atom. The summed E-state index contributed by atoms with van der Waals surface area (Å²) in [6, 6.07) is 0. The molecule has 2 aromatic heterocycles. The van der Waals surface area contributed by atoms with Gasteiger partial charge < -0.3 is 20.1 Å². The van der Waals surface area contributed by atoms with E-state index in [9.17, 15) is 19.8 Å². The third-order valence-electron chi connectivity index (χ3n) is 3.42. The molecule has 3 heterocycles. The molecule has 22 heavy (non-hydrogen) atoms. The highest BCUT2D eigenvalue weighted by Crippen LogP contribution is 2.28. The van der Waals surface area contributed by atoms with E-state index in [0.29, 0.717) is 5.01 Å². The summed E-state index contributed by atoms with van der Waals surface area (Å²) in [5, 5.41) is 30.9. The van der Waals surface area contributed by atoms with E-state index in [0.717, 1.165) is 4.57 Å². The molecule has 4 atom stereocenters. The van der Waals surface area contributed by atoms with E-state index >= 15 is 0 Å². The molecule has 0 aliphatic carbocycles. The fourth-order valence-corrected chi connectivity index (χ4v) is 2.94. The Balaban J connectivity index is 2.07. The van der Waals surface area contributed by atoms with Gasteiger partial charge in [0, 0.05) is 17.8 Å². The molecule has 3 rings (SSSR count). The SMILES string of the molecule is O=c1[nH]c(=O)n([C@@H]2O[C@H](CO)[C@@H](O)[C@H]2O)cc1-c1nccs1. The Morgan fingerprint density at radius 1 is 1.36 bits per heavy atom. The van der Waals surface area contributed by atoms with Crippen LogP contribution in [0.1, 0.15) is 6.23 Å². The zero-order chi connectivity index (χ0) is 15.9. The van der Waals surface area contributed by atoms with Gasteiger partial charge in [0.1, 0.15) is 23.3 Å². The quantitative estimate of drug-likeness (QED) is 0.525. The second-order valence-electron chi connectivity index (χ2n) is 4.78. The predicted octanol–water partition coefficient (Wildman–Crippen LogP) is -1.73. The summed E-state index contributed by atoms with van der Waals surface area (Å²) < 4.78 is 6.26. The lowest BCUT2D eigenvalue weighted by Crippen LogP contribution is -2.38. The summed E-state index contributed by atoms with van der Waals surface area (Å²) in [5.74, 6) is 0. The number of nitrogens with one attached hydrogen (secondary N) is 1. The van der Waals surface area contributed by atoms with Crippen molar-refractivity contribution in [3.8, 4) is 10.6 Å². The highest BCUT2D eigenvalue weighted by molar-refractivity contribution is 7.13. The molecule has 0 saturated carbocycles. The van der Waals surface area contributed by atoms with Crippen molar-refractivity contribution < 1.29 is 20.1 Å². The molecular weight excluding hydrogens is 314 g/mol. The van der Waals surface area contributed by atoms with Gasteiger partial charge in [-0.3, -0.25) is 14.3 Å². The van der Waals surface area contributed by atoms with Crippen LogP contribution in [0, 0.1) is 0 Å². The van der Waals surface area contributed by atoms with Gasteiger partial charge in [-0.25, -0.2) is 9.78 Å². The van der Waals surface area contributed by atoms with Crippen molar-refractivity contribution in [2.24, 2.45) is 0 Å². The van der Waals surface area contributed by atoms with Gasteiger partial charge in [-0.15, -0.1) is 11.3 Å². The maximum atomic E-state index is 12.0. The lowest BCUT2D eigenvalue weighted by atomic mass is 10.1. The van der Waals surface area contributed by atoms with Crippen molar-refractivity contribution in [1.29, 1.82) is 0 Å². The molecule has 118 valence electrons. The molecule has 0 unspecified atom stereocenters. The average Bonchev–Trinajstić information content (AvgIpc) is 3.10. The molecule has 1 aliphatic rings. The maximum absolute atomic E-state index is 12.0. The first-order valence-corrected chi connectivity index (χ1v) is 7.28. The van der Waals surface area contributed by atoms with E-state index in [1.54, 1.807) is 5.38 Å². The van der Waals surface area contributed by atoms with Gasteiger partial charge in [-0.1, -0.05) is 0 Å². The van der Waals surface area contributed by atoms with Crippen LogP contribution in [0.3, 0.4) is 0 Å². The maximum Gasteiger partial charge on any atom is 0.330 e. The molecule has 4 N–H and O–H groups in total. The second-order valence-corrected chi connectivity index (χ2v) is 5.67. The van der Waals surface area contributed by atoms with Crippen molar-refractivity contribution in [2.45, 2.75) is 24.5 Å². The standard InChI is InChI=1S/C12H13N3O6S/c16-4-6-7(17)8(18)11(21-6)15-3-5(9(19)14-12(15)20)10-13-1-2-22-10/h1-3,6-8,11,16-18H,4H2,(H,14,19,20)/t6-,7-,8-,11-/m1/s1. The molecule has 1 saturated heterocycles. The smallest absolute Gasteiger partial charge is 0.330 e. The number of aliphatic hydroxyl groups excluding tert-OH is 3. The number of rotatable bonds is 3. The van der Waals surface area contributed by atoms with Crippen LogP contribution in [0.4, 0.5) is 0 Å². The average molecular weight is 327 g/mol. The third-order valence-corrected chi connectivity index (χ3v) is 4.23. The monoisotopic (exact) mass is 327 g/mol. The summed E-state index contributed by atoms with van der Waals surface area (Å²) in [5.41, 5.74) is -1.25. The Hall–Kier alpha value is -1.85. The molecule has 0 radical (unpaired) electrons. The normalized spacial score (nSPS) is 28.1. The van der Waals surface area contributed by atoms with E-state index in [1.165, 1.54) is 23.7 Å². The van der Waals surface area contributed by atoms with Gasteiger partial charge in [-0.2, -0.15) is 0 Å². The molecule has 1 aliphatic heterocycles. The van der Waals surface area contributed by atoms with Gasteiger partial charge in [0.15, 0.2) is 6.23 Å². The minimum absolute atomic E-state index is 0.146. The number of ether oxygens (including phenoxy) is 1. The molecule has 0 bridgehead atoms. The van der Waals surface area contributed by atoms with Gasteiger partial charge in [0.05, 0.1) is 12.2 Å². The Morgan fingerprint density at radius 3 is 2.73 bits per heavy atom. The molecule has 0 aromatic carbocycles. The van der Waals surface area contributed by atoms with Crippen LogP contribution in [-0.4, -0.2) is 54.8 Å². The van der Waals surface area contributed by atoms with Crippen molar-refractivity contribution in [1.82, 2.24) is 14.5 Å². The third kappa shape index (κ3) is 2.40. The minimum Gasteiger partial charge on any atom is -0.394 e. The molecule has 2 aromatic rings. The van der Waals surface area contributed by atoms with Crippen molar-refractivity contribution in [3.05, 3.63) is 38.6 Å². The summed E-state index contributed by atoms with van der Waals surface area (Å²) in [6.07, 6.45) is -2.23. The molecule has 9 nitrogen and oxygen atoms in total. The van der Waals surface area contributed by atoms with Crippen LogP contribution in [-0.2, 0) is 4.74 Å². The zero-order valence-corrected chi connectivity index (χ0v) is 11.9. The topological polar surface area (TPSA) is 138 Å². The number of aliphatic hydroxyl groups is 3. The van der Waals surface area contributed by atoms with Crippen LogP contribution in [0.15, 0.2) is 27.4 Å². The van der Waals surface area contributed by atoms with Crippen LogP contribution >= 0.6 is 11.3 Å². The van der Waals surface area contributed by atoms with E-state index < -0.39 is 42.4 Å². The van der Waals surface area contributed by atoms with E-state index in [2.05, 4.69) is 9.97 Å². The van der Waals surface area contributed by atoms with Crippen LogP contribution in [0.25, 0.3) is 10.6 Å². The lowest BCUT2D eigenvalue weighted by Gasteiger charge is -2.17. The van der Waals surface area contributed by atoms with Crippen LogP contribution in [0.5, 0.6) is 0 Å². The van der Waals surface area contributed by atoms with E-state index in [-0.39, 0.29) is 5.56 Å². The van der Waals surface area contributed by atoms with Gasteiger partial charge in [-0.05, 0) is 0 Å². The number of thiazole rings is 1. The number of nitrogens with zero attached hydrogens (tertiary/aromatic N) is 2. The Labute approximate surface area is 127 Å². The predicted molar refractivity (Wildman–Crippen MR) is 75.4 cm³/mol. The second kappa shape index (κ2) is 5.74. The number of H-pyrrole nitrogens is 1. The summed E-state index contributed by atoms with van der Waals surface area (Å²) in [4.78, 5) is 30.0. The number of aromatic amines is 1. The van der Waals surface area contributed by atoms with Crippen molar-refractivity contribution >= 4 is 11.3 Å². The summed E-state index contributed by atoms with van der Waals surface area (Å²) in [6.45, 7) is -0.508. The van der Waals surface area contributed by atoms with Gasteiger partial charge >= 0.3 is 5.69 Å². The van der Waals surface area contributed by atoms with Crippen molar-refractivity contribution in [2.75, 3.05) is 6.61 Å². The largest absolute Gasteiger partial charge is 0.394 e. The van der Waals surface area contributed by atoms with Crippen molar-refractivity contribution in [3.63, 3.8) is 0 Å². The number of hydrogen-bond acceptors (Lipinski definition) is 8. The summed E-state index contributed by atoms with van der Waals surface area (Å²) >= 11 is 1.21. The van der Waals surface area contributed by atoms with Crippen LogP contribution in [0.2, 0.25) is 0 Å². The Kier molecular flexibility index (Phi) is 3.93. The molecule has 0 amide bonds. The number of aromatic nitrogens is 3. The molecule has 0 spiro atoms. The van der Waals surface area contributed by atoms with E-state index in [1.807, 2.05) is 0 Å². The van der Waals surface area contributed by atoms with Gasteiger partial charge in [0.25, 0.3) is 5.56 Å². The van der Waals surface area contributed by atoms with Gasteiger partial charge in [0.2, 0.25) is 0 Å². The molecular formula is C12H13N3O6S. The lowest BCUT2D eigenvalue weighted by molar-refractivity contribution is -0.0549. The molecule has 1 fully saturated rings. The fraction of sp³-hybridized carbons (Fsp3) is 0.417. The highest BCUT2D eigenvalue weighted by Gasteiger charge is 2.43. The first kappa shape index (κ1) is 15.1. The molecule has 10 heteroatoms. The van der Waals surface area contributed by atoms with E-state index in [4.69, 9.17) is 9.84 Å². The van der Waals surface area contributed by atoms with Crippen LogP contribution < -0.4 is 11.2 Å². The first-order chi connectivity index (χ1) is 10.5. The fourth-order valence-electron chi connectivity index (χ4n) is 2.29. The summed E-state index contributed by atoms with van der Waals surface area (Å²) in [7, 11) is 0. The minimum atomic E-state index is -1.41. The highest BCUT2D eigenvalue weighted by atomic mass is 32.1. The number of hydrogen-bond donors (Lipinski definition) is 4. The Bertz CT molecular complexity index is 770. The first-order valence-electron chi connectivity index (χ1n) is 6.40.